The number of ketones is 1. The first-order chi connectivity index (χ1) is 13.2. The Hall–Kier alpha value is -2.01. The van der Waals surface area contributed by atoms with Crippen molar-refractivity contribution in [3.05, 3.63) is 71.3 Å². The summed E-state index contributed by atoms with van der Waals surface area (Å²) in [5.41, 5.74) is 1.87. The molecule has 142 valence electrons. The van der Waals surface area contributed by atoms with Crippen molar-refractivity contribution in [2.75, 3.05) is 19.6 Å². The summed E-state index contributed by atoms with van der Waals surface area (Å²) in [6, 6.07) is 18.3. The van der Waals surface area contributed by atoms with Crippen molar-refractivity contribution in [2.45, 2.75) is 38.0 Å². The molecule has 2 N–H and O–H groups in total. The maximum absolute atomic E-state index is 13.1. The van der Waals surface area contributed by atoms with E-state index in [0.717, 1.165) is 50.0 Å². The number of nitrogens with zero attached hydrogens (tertiary/aromatic N) is 1. The summed E-state index contributed by atoms with van der Waals surface area (Å²) in [5, 5.41) is 14.9. The van der Waals surface area contributed by atoms with Crippen molar-refractivity contribution in [3.63, 3.8) is 0 Å². The van der Waals surface area contributed by atoms with Gasteiger partial charge < -0.3 is 10.4 Å². The Kier molecular flexibility index (Phi) is 5.39. The predicted molar refractivity (Wildman–Crippen MR) is 106 cm³/mol. The lowest BCUT2D eigenvalue weighted by Gasteiger charge is -2.40. The van der Waals surface area contributed by atoms with E-state index in [0.29, 0.717) is 13.1 Å². The molecule has 1 fully saturated rings. The first-order valence-corrected chi connectivity index (χ1v) is 9.99. The normalized spacial score (nSPS) is 23.5. The fourth-order valence-corrected chi connectivity index (χ4v) is 4.30. The molecule has 1 aliphatic heterocycles. The van der Waals surface area contributed by atoms with Gasteiger partial charge in [0.1, 0.15) is 0 Å². The quantitative estimate of drug-likeness (QED) is 0.774. The third-order valence-corrected chi connectivity index (χ3v) is 6.09. The Morgan fingerprint density at radius 2 is 1.78 bits per heavy atom. The molecule has 0 spiro atoms. The minimum atomic E-state index is -1.30. The van der Waals surface area contributed by atoms with Gasteiger partial charge in [0, 0.05) is 26.2 Å². The van der Waals surface area contributed by atoms with Crippen LogP contribution in [0.3, 0.4) is 0 Å². The summed E-state index contributed by atoms with van der Waals surface area (Å²) in [5.74, 6) is 0.0301. The number of rotatable bonds is 6. The molecule has 1 saturated carbocycles. The molecule has 0 bridgehead atoms. The van der Waals surface area contributed by atoms with E-state index in [4.69, 9.17) is 0 Å². The minimum Gasteiger partial charge on any atom is -0.377 e. The molecule has 1 heterocycles. The number of nitrogens with one attached hydrogen (secondary N) is 1. The van der Waals surface area contributed by atoms with Gasteiger partial charge in [0.15, 0.2) is 11.4 Å². The van der Waals surface area contributed by atoms with Gasteiger partial charge in [0.25, 0.3) is 0 Å². The van der Waals surface area contributed by atoms with Crippen molar-refractivity contribution < 1.29 is 9.90 Å². The van der Waals surface area contributed by atoms with Gasteiger partial charge in [-0.15, -0.1) is 0 Å². The molecular formula is C23H28N2O2. The number of carbonyl (C=O) groups is 1. The van der Waals surface area contributed by atoms with Crippen LogP contribution in [0.4, 0.5) is 0 Å². The van der Waals surface area contributed by atoms with Crippen LogP contribution in [0.25, 0.3) is 0 Å². The van der Waals surface area contributed by atoms with E-state index in [1.165, 1.54) is 5.56 Å². The molecule has 2 aromatic carbocycles. The van der Waals surface area contributed by atoms with Gasteiger partial charge in [-0.3, -0.25) is 9.69 Å². The Labute approximate surface area is 161 Å². The summed E-state index contributed by atoms with van der Waals surface area (Å²) in [7, 11) is 0. The third kappa shape index (κ3) is 3.70. The summed E-state index contributed by atoms with van der Waals surface area (Å²) in [6.45, 7) is 3.45. The van der Waals surface area contributed by atoms with Gasteiger partial charge in [-0.2, -0.15) is 0 Å². The van der Waals surface area contributed by atoms with Crippen LogP contribution in [0.15, 0.2) is 54.6 Å². The number of fused-ring (bicyclic) bond motifs is 1. The zero-order valence-corrected chi connectivity index (χ0v) is 15.7. The molecule has 0 radical (unpaired) electrons. The number of hydrogen-bond donors (Lipinski definition) is 2. The Morgan fingerprint density at radius 1 is 1.04 bits per heavy atom. The highest BCUT2D eigenvalue weighted by Gasteiger charge is 2.49. The molecule has 27 heavy (non-hydrogen) atoms. The van der Waals surface area contributed by atoms with Crippen LogP contribution in [0.1, 0.15) is 36.0 Å². The van der Waals surface area contributed by atoms with E-state index >= 15 is 0 Å². The summed E-state index contributed by atoms with van der Waals surface area (Å²) >= 11 is 0. The number of benzene rings is 2. The SMILES string of the molecule is O=C1CN(CCNCc2ccccc2)Cc2ccccc2C1(O)C1CCC1. The Bertz CT molecular complexity index is 788. The lowest BCUT2D eigenvalue weighted by molar-refractivity contribution is -0.149. The van der Waals surface area contributed by atoms with E-state index in [2.05, 4.69) is 28.4 Å². The van der Waals surface area contributed by atoms with Gasteiger partial charge in [-0.25, -0.2) is 0 Å². The molecule has 2 aliphatic rings. The van der Waals surface area contributed by atoms with Crippen LogP contribution >= 0.6 is 0 Å². The zero-order valence-electron chi connectivity index (χ0n) is 15.7. The highest BCUT2D eigenvalue weighted by atomic mass is 16.3. The monoisotopic (exact) mass is 364 g/mol. The standard InChI is InChI=1S/C23H28N2O2/c26-22-17-25(14-13-24-15-18-7-2-1-3-8-18)16-19-9-4-5-12-21(19)23(22,27)20-10-6-11-20/h1-5,7-9,12,20,24,27H,6,10-11,13-17H2. The lowest BCUT2D eigenvalue weighted by Crippen LogP contribution is -2.48. The predicted octanol–water partition coefficient (Wildman–Crippen LogP) is 2.85. The maximum Gasteiger partial charge on any atom is 0.183 e. The molecule has 4 rings (SSSR count). The van der Waals surface area contributed by atoms with E-state index in [-0.39, 0.29) is 11.7 Å². The van der Waals surface area contributed by atoms with Crippen molar-refractivity contribution in [2.24, 2.45) is 5.92 Å². The smallest absolute Gasteiger partial charge is 0.183 e. The number of Topliss-reactive ketones (excluding diaryl/α,β-unsaturated/α-hetero) is 1. The number of carbonyl (C=O) groups excluding carboxylic acids is 1. The van der Waals surface area contributed by atoms with Gasteiger partial charge in [0.05, 0.1) is 6.54 Å². The van der Waals surface area contributed by atoms with Gasteiger partial charge >= 0.3 is 0 Å². The molecule has 0 amide bonds. The van der Waals surface area contributed by atoms with Crippen LogP contribution in [0, 0.1) is 5.92 Å². The van der Waals surface area contributed by atoms with Crippen LogP contribution in [-0.2, 0) is 23.5 Å². The minimum absolute atomic E-state index is 0.0415. The summed E-state index contributed by atoms with van der Waals surface area (Å²) in [4.78, 5) is 15.2. The van der Waals surface area contributed by atoms with Crippen LogP contribution in [0.5, 0.6) is 0 Å². The number of hydrogen-bond acceptors (Lipinski definition) is 4. The summed E-state index contributed by atoms with van der Waals surface area (Å²) in [6.07, 6.45) is 2.99. The van der Waals surface area contributed by atoms with Crippen molar-refractivity contribution in [3.8, 4) is 0 Å². The first kappa shape index (κ1) is 18.4. The fourth-order valence-electron chi connectivity index (χ4n) is 4.30. The van der Waals surface area contributed by atoms with Gasteiger partial charge in [-0.05, 0) is 35.4 Å². The molecule has 0 aromatic heterocycles. The van der Waals surface area contributed by atoms with E-state index in [1.807, 2.05) is 36.4 Å². The third-order valence-electron chi connectivity index (χ3n) is 6.09. The molecule has 0 saturated heterocycles. The Morgan fingerprint density at radius 3 is 2.52 bits per heavy atom. The van der Waals surface area contributed by atoms with Crippen LogP contribution in [0.2, 0.25) is 0 Å². The maximum atomic E-state index is 13.1. The van der Waals surface area contributed by atoms with E-state index in [9.17, 15) is 9.90 Å². The second kappa shape index (κ2) is 7.93. The van der Waals surface area contributed by atoms with Gasteiger partial charge in [0.2, 0.25) is 0 Å². The molecular weight excluding hydrogens is 336 g/mol. The summed E-state index contributed by atoms with van der Waals surface area (Å²) < 4.78 is 0. The van der Waals surface area contributed by atoms with Crippen LogP contribution in [-0.4, -0.2) is 35.4 Å². The average molecular weight is 364 g/mol. The molecule has 1 aliphatic carbocycles. The second-order valence-corrected chi connectivity index (χ2v) is 7.85. The first-order valence-electron chi connectivity index (χ1n) is 9.99. The largest absolute Gasteiger partial charge is 0.377 e. The molecule has 1 atom stereocenters. The van der Waals surface area contributed by atoms with Crippen molar-refractivity contribution in [1.82, 2.24) is 10.2 Å². The Balaban J connectivity index is 1.43. The highest BCUT2D eigenvalue weighted by molar-refractivity contribution is 5.91. The second-order valence-electron chi connectivity index (χ2n) is 7.85. The van der Waals surface area contributed by atoms with Crippen LogP contribution < -0.4 is 5.32 Å². The van der Waals surface area contributed by atoms with E-state index < -0.39 is 5.60 Å². The van der Waals surface area contributed by atoms with E-state index in [1.54, 1.807) is 0 Å². The lowest BCUT2D eigenvalue weighted by atomic mass is 9.67. The molecule has 4 heteroatoms. The van der Waals surface area contributed by atoms with Crippen molar-refractivity contribution >= 4 is 5.78 Å². The molecule has 2 aromatic rings. The van der Waals surface area contributed by atoms with Gasteiger partial charge in [-0.1, -0.05) is 61.0 Å². The number of aliphatic hydroxyl groups is 1. The molecule has 4 nitrogen and oxygen atoms in total. The highest BCUT2D eigenvalue weighted by Crippen LogP contribution is 2.45. The van der Waals surface area contributed by atoms with Crippen molar-refractivity contribution in [1.29, 1.82) is 0 Å². The molecule has 1 unspecified atom stereocenters. The zero-order chi connectivity index (χ0) is 18.7. The average Bonchev–Trinajstić information content (AvgIpc) is 2.74. The fraction of sp³-hybridized carbons (Fsp3) is 0.435. The topological polar surface area (TPSA) is 52.6 Å².